The lowest BCUT2D eigenvalue weighted by molar-refractivity contribution is -0.235. The zero-order valence-corrected chi connectivity index (χ0v) is 15.1. The molecule has 0 aromatic rings. The molecule has 0 N–H and O–H groups in total. The van der Waals surface area contributed by atoms with Gasteiger partial charge in [0, 0.05) is 32.3 Å². The first-order chi connectivity index (χ1) is 11.6. The Hall–Kier alpha value is -1.85. The number of rotatable bonds is 4. The van der Waals surface area contributed by atoms with Crippen molar-refractivity contribution in [2.24, 2.45) is 11.8 Å². The van der Waals surface area contributed by atoms with E-state index in [2.05, 4.69) is 6.58 Å². The molecular formula is C19H26O6. The van der Waals surface area contributed by atoms with E-state index >= 15 is 0 Å². The first kappa shape index (κ1) is 18.0. The van der Waals surface area contributed by atoms with Crippen LogP contribution in [0.2, 0.25) is 0 Å². The first-order valence-electron chi connectivity index (χ1n) is 8.89. The molecule has 6 nitrogen and oxygen atoms in total. The average molecular weight is 350 g/mol. The van der Waals surface area contributed by atoms with Crippen LogP contribution in [0.4, 0.5) is 0 Å². The van der Waals surface area contributed by atoms with Crippen LogP contribution >= 0.6 is 0 Å². The predicted molar refractivity (Wildman–Crippen MR) is 88.4 cm³/mol. The maximum atomic E-state index is 12.0. The van der Waals surface area contributed by atoms with Gasteiger partial charge in [0.15, 0.2) is 0 Å². The Bertz CT molecular complexity index is 623. The smallest absolute Gasteiger partial charge is 0.333 e. The van der Waals surface area contributed by atoms with E-state index in [1.807, 2.05) is 0 Å². The van der Waals surface area contributed by atoms with E-state index in [0.29, 0.717) is 24.8 Å². The molecular weight excluding hydrogens is 324 g/mol. The molecule has 3 rings (SSSR count). The minimum atomic E-state index is -0.735. The average Bonchev–Trinajstić information content (AvgIpc) is 2.43. The molecule has 3 bridgehead atoms. The Labute approximate surface area is 147 Å². The third-order valence-corrected chi connectivity index (χ3v) is 5.83. The highest BCUT2D eigenvalue weighted by Crippen LogP contribution is 2.59. The van der Waals surface area contributed by atoms with E-state index in [1.165, 1.54) is 13.8 Å². The monoisotopic (exact) mass is 350 g/mol. The first-order valence-corrected chi connectivity index (χ1v) is 8.89. The van der Waals surface area contributed by atoms with Gasteiger partial charge in [-0.3, -0.25) is 9.59 Å². The maximum Gasteiger partial charge on any atom is 0.333 e. The number of esters is 3. The summed E-state index contributed by atoms with van der Waals surface area (Å²) in [6, 6.07) is 0. The molecule has 5 unspecified atom stereocenters. The molecule has 5 atom stereocenters. The highest BCUT2D eigenvalue weighted by molar-refractivity contribution is 5.87. The molecule has 0 heterocycles. The molecule has 3 saturated carbocycles. The lowest BCUT2D eigenvalue weighted by atomic mass is 9.53. The zero-order chi connectivity index (χ0) is 18.4. The van der Waals surface area contributed by atoms with Crippen molar-refractivity contribution in [2.45, 2.75) is 76.6 Å². The quantitative estimate of drug-likeness (QED) is 0.441. The number of carbonyl (C=O) groups is 3. The fraction of sp³-hybridized carbons (Fsp3) is 0.737. The summed E-state index contributed by atoms with van der Waals surface area (Å²) in [5.74, 6) is -0.656. The highest BCUT2D eigenvalue weighted by atomic mass is 16.6. The standard InChI is InChI=1S/C19H26O6/c1-11(2)17(22)23-16-9-19(25-13(4)21)8-14-7-18(10-19,24-12(3)20)6-5-15(14)16/h14-16H,1,5-10H2,2-4H3. The topological polar surface area (TPSA) is 78.9 Å². The molecule has 3 fully saturated rings. The van der Waals surface area contributed by atoms with Crippen LogP contribution in [0.3, 0.4) is 0 Å². The van der Waals surface area contributed by atoms with Crippen molar-refractivity contribution in [3.63, 3.8) is 0 Å². The minimum absolute atomic E-state index is 0.205. The number of hydrogen-bond acceptors (Lipinski definition) is 6. The molecule has 0 aromatic heterocycles. The van der Waals surface area contributed by atoms with Crippen LogP contribution in [-0.4, -0.2) is 35.2 Å². The van der Waals surface area contributed by atoms with E-state index in [1.54, 1.807) is 6.92 Å². The normalized spacial score (nSPS) is 38.6. The fourth-order valence-electron chi connectivity index (χ4n) is 5.31. The molecule has 0 saturated heterocycles. The molecule has 0 spiro atoms. The van der Waals surface area contributed by atoms with Crippen molar-refractivity contribution in [1.29, 1.82) is 0 Å². The third-order valence-electron chi connectivity index (χ3n) is 5.83. The maximum absolute atomic E-state index is 12.0. The van der Waals surface area contributed by atoms with Gasteiger partial charge in [-0.25, -0.2) is 4.79 Å². The van der Waals surface area contributed by atoms with Crippen LogP contribution in [0.1, 0.15) is 59.3 Å². The summed E-state index contributed by atoms with van der Waals surface area (Å²) in [4.78, 5) is 35.4. The Morgan fingerprint density at radius 1 is 0.960 bits per heavy atom. The van der Waals surface area contributed by atoms with Gasteiger partial charge in [0.05, 0.1) is 0 Å². The molecule has 6 heteroatoms. The SMILES string of the molecule is C=C(C)C(=O)OC1CC2(OC(C)=O)CC3CC(OC(C)=O)(CCC31)C2. The summed E-state index contributed by atoms with van der Waals surface area (Å²) in [6.07, 6.45) is 3.65. The Morgan fingerprint density at radius 2 is 1.56 bits per heavy atom. The van der Waals surface area contributed by atoms with Gasteiger partial charge in [-0.2, -0.15) is 0 Å². The summed E-state index contributed by atoms with van der Waals surface area (Å²) < 4.78 is 17.1. The second kappa shape index (κ2) is 6.15. The Morgan fingerprint density at radius 3 is 2.16 bits per heavy atom. The molecule has 0 radical (unpaired) electrons. The van der Waals surface area contributed by atoms with Crippen molar-refractivity contribution in [1.82, 2.24) is 0 Å². The molecule has 3 aliphatic rings. The van der Waals surface area contributed by atoms with Gasteiger partial charge >= 0.3 is 17.9 Å². The van der Waals surface area contributed by atoms with Gasteiger partial charge < -0.3 is 14.2 Å². The molecule has 25 heavy (non-hydrogen) atoms. The minimum Gasteiger partial charge on any atom is -0.459 e. The lowest BCUT2D eigenvalue weighted by Crippen LogP contribution is -2.63. The Balaban J connectivity index is 1.90. The summed E-state index contributed by atoms with van der Waals surface area (Å²) >= 11 is 0. The van der Waals surface area contributed by atoms with Crippen molar-refractivity contribution < 1.29 is 28.6 Å². The van der Waals surface area contributed by atoms with E-state index in [-0.39, 0.29) is 29.9 Å². The van der Waals surface area contributed by atoms with Gasteiger partial charge in [0.25, 0.3) is 0 Å². The van der Waals surface area contributed by atoms with Crippen molar-refractivity contribution in [3.8, 4) is 0 Å². The van der Waals surface area contributed by atoms with Crippen molar-refractivity contribution in [3.05, 3.63) is 12.2 Å². The Kier molecular flexibility index (Phi) is 4.41. The van der Waals surface area contributed by atoms with Gasteiger partial charge in [-0.1, -0.05) is 6.58 Å². The number of ether oxygens (including phenoxy) is 3. The van der Waals surface area contributed by atoms with Crippen LogP contribution in [0, 0.1) is 11.8 Å². The fourth-order valence-corrected chi connectivity index (χ4v) is 5.31. The van der Waals surface area contributed by atoms with Crippen LogP contribution in [0.5, 0.6) is 0 Å². The van der Waals surface area contributed by atoms with E-state index in [4.69, 9.17) is 14.2 Å². The summed E-state index contributed by atoms with van der Waals surface area (Å²) in [6.45, 7) is 8.08. The molecule has 0 aliphatic heterocycles. The van der Waals surface area contributed by atoms with Crippen LogP contribution in [0.25, 0.3) is 0 Å². The van der Waals surface area contributed by atoms with Gasteiger partial charge in [0.1, 0.15) is 17.3 Å². The van der Waals surface area contributed by atoms with Crippen LogP contribution < -0.4 is 0 Å². The van der Waals surface area contributed by atoms with E-state index in [9.17, 15) is 14.4 Å². The largest absolute Gasteiger partial charge is 0.459 e. The second-order valence-electron chi connectivity index (χ2n) is 8.03. The zero-order valence-electron chi connectivity index (χ0n) is 15.1. The summed E-state index contributed by atoms with van der Waals surface area (Å²) in [7, 11) is 0. The highest BCUT2D eigenvalue weighted by Gasteiger charge is 2.62. The molecule has 0 aromatic carbocycles. The van der Waals surface area contributed by atoms with Gasteiger partial charge in [-0.15, -0.1) is 0 Å². The second-order valence-corrected chi connectivity index (χ2v) is 8.03. The van der Waals surface area contributed by atoms with Gasteiger partial charge in [-0.05, 0) is 44.4 Å². The molecule has 138 valence electrons. The van der Waals surface area contributed by atoms with Crippen molar-refractivity contribution in [2.75, 3.05) is 0 Å². The number of carbonyl (C=O) groups excluding carboxylic acids is 3. The number of fused-ring (bicyclic) bond motifs is 2. The predicted octanol–water partition coefficient (Wildman–Crippen LogP) is 2.69. The molecule has 3 aliphatic carbocycles. The van der Waals surface area contributed by atoms with Crippen LogP contribution in [0.15, 0.2) is 12.2 Å². The third kappa shape index (κ3) is 3.44. The van der Waals surface area contributed by atoms with Crippen molar-refractivity contribution >= 4 is 17.9 Å². The summed E-state index contributed by atoms with van der Waals surface area (Å²) in [5.41, 5.74) is -0.937. The van der Waals surface area contributed by atoms with Gasteiger partial charge in [0.2, 0.25) is 0 Å². The number of hydrogen-bond donors (Lipinski definition) is 0. The van der Waals surface area contributed by atoms with E-state index in [0.717, 1.165) is 19.3 Å². The van der Waals surface area contributed by atoms with E-state index < -0.39 is 17.2 Å². The lowest BCUT2D eigenvalue weighted by Gasteiger charge is -2.59. The van der Waals surface area contributed by atoms with Crippen LogP contribution in [-0.2, 0) is 28.6 Å². The molecule has 0 amide bonds. The summed E-state index contributed by atoms with van der Waals surface area (Å²) in [5, 5.41) is 0.